The molecular formula is C25H23N3O2. The van der Waals surface area contributed by atoms with E-state index in [4.69, 9.17) is 9.84 Å². The molecule has 0 saturated heterocycles. The van der Waals surface area contributed by atoms with Crippen LogP contribution in [0, 0.1) is 13.8 Å². The molecule has 3 aromatic carbocycles. The van der Waals surface area contributed by atoms with Gasteiger partial charge in [-0.15, -0.1) is 0 Å². The lowest BCUT2D eigenvalue weighted by Crippen LogP contribution is -2.21. The van der Waals surface area contributed by atoms with Gasteiger partial charge in [0, 0.05) is 11.6 Å². The maximum absolute atomic E-state index is 12.6. The fourth-order valence-corrected chi connectivity index (χ4v) is 3.21. The first-order chi connectivity index (χ1) is 14.6. The fraction of sp³-hybridized carbons (Fsp3) is 0.120. The van der Waals surface area contributed by atoms with Gasteiger partial charge in [-0.1, -0.05) is 54.1 Å². The van der Waals surface area contributed by atoms with Crippen LogP contribution in [0.5, 0.6) is 5.75 Å². The zero-order valence-electron chi connectivity index (χ0n) is 17.0. The summed E-state index contributed by atoms with van der Waals surface area (Å²) in [6.45, 7) is 3.95. The standard InChI is InChI=1S/C25H23N3O2/c1-18-8-6-10-20(14-18)23-16-24(28(27-23)21-11-4-3-5-12-21)26-25(29)17-30-22-13-7-9-19(2)15-22/h3-16H,17H2,1-2H3,(H,26,29). The largest absolute Gasteiger partial charge is 0.484 e. The molecule has 0 aliphatic carbocycles. The SMILES string of the molecule is Cc1cccc(OCC(=O)Nc2cc(-c3cccc(C)c3)nn2-c2ccccc2)c1. The monoisotopic (exact) mass is 397 g/mol. The van der Waals surface area contributed by atoms with Gasteiger partial charge in [0.05, 0.1) is 11.4 Å². The van der Waals surface area contributed by atoms with Gasteiger partial charge < -0.3 is 10.1 Å². The molecule has 1 heterocycles. The van der Waals surface area contributed by atoms with Crippen molar-refractivity contribution in [2.75, 3.05) is 11.9 Å². The Kier molecular flexibility index (Phi) is 5.61. The van der Waals surface area contributed by atoms with Crippen molar-refractivity contribution in [1.29, 1.82) is 0 Å². The molecule has 0 fully saturated rings. The van der Waals surface area contributed by atoms with Gasteiger partial charge in [0.25, 0.3) is 5.91 Å². The van der Waals surface area contributed by atoms with Crippen molar-refractivity contribution in [2.45, 2.75) is 13.8 Å². The van der Waals surface area contributed by atoms with Gasteiger partial charge in [-0.25, -0.2) is 4.68 Å². The lowest BCUT2D eigenvalue weighted by Gasteiger charge is -2.10. The third-order valence-electron chi connectivity index (χ3n) is 4.65. The summed E-state index contributed by atoms with van der Waals surface area (Å²) in [6, 6.07) is 27.4. The third-order valence-corrected chi connectivity index (χ3v) is 4.65. The first-order valence-electron chi connectivity index (χ1n) is 9.80. The van der Waals surface area contributed by atoms with Crippen molar-refractivity contribution in [3.05, 3.63) is 96.1 Å². The summed E-state index contributed by atoms with van der Waals surface area (Å²) in [6.07, 6.45) is 0. The first-order valence-corrected chi connectivity index (χ1v) is 9.80. The number of hydrogen-bond donors (Lipinski definition) is 1. The summed E-state index contributed by atoms with van der Waals surface area (Å²) in [5.74, 6) is 1.02. The van der Waals surface area contributed by atoms with Crippen LogP contribution in [0.25, 0.3) is 16.9 Å². The Morgan fingerprint density at radius 3 is 2.37 bits per heavy atom. The summed E-state index contributed by atoms with van der Waals surface area (Å²) in [7, 11) is 0. The smallest absolute Gasteiger partial charge is 0.263 e. The second kappa shape index (κ2) is 8.66. The van der Waals surface area contributed by atoms with E-state index in [-0.39, 0.29) is 12.5 Å². The molecule has 0 atom stereocenters. The Morgan fingerprint density at radius 2 is 1.63 bits per heavy atom. The Labute approximate surface area is 175 Å². The Balaban J connectivity index is 1.58. The highest BCUT2D eigenvalue weighted by Gasteiger charge is 2.14. The van der Waals surface area contributed by atoms with E-state index >= 15 is 0 Å². The second-order valence-corrected chi connectivity index (χ2v) is 7.19. The van der Waals surface area contributed by atoms with E-state index in [0.29, 0.717) is 11.6 Å². The lowest BCUT2D eigenvalue weighted by atomic mass is 10.1. The number of carbonyl (C=O) groups is 1. The van der Waals surface area contributed by atoms with E-state index in [1.165, 1.54) is 0 Å². The number of nitrogens with one attached hydrogen (secondary N) is 1. The molecule has 0 radical (unpaired) electrons. The number of amides is 1. The van der Waals surface area contributed by atoms with E-state index in [1.54, 1.807) is 4.68 Å². The molecule has 0 aliphatic rings. The van der Waals surface area contributed by atoms with E-state index in [9.17, 15) is 4.79 Å². The molecule has 0 aliphatic heterocycles. The minimum absolute atomic E-state index is 0.0802. The first kappa shape index (κ1) is 19.5. The zero-order valence-corrected chi connectivity index (χ0v) is 17.0. The number of aromatic nitrogens is 2. The highest BCUT2D eigenvalue weighted by molar-refractivity contribution is 5.92. The maximum atomic E-state index is 12.6. The topological polar surface area (TPSA) is 56.1 Å². The molecule has 0 unspecified atom stereocenters. The maximum Gasteiger partial charge on any atom is 0.263 e. The molecule has 0 bridgehead atoms. The minimum Gasteiger partial charge on any atom is -0.484 e. The van der Waals surface area contributed by atoms with Crippen molar-refractivity contribution in [3.63, 3.8) is 0 Å². The Morgan fingerprint density at radius 1 is 0.900 bits per heavy atom. The molecular weight excluding hydrogens is 374 g/mol. The summed E-state index contributed by atoms with van der Waals surface area (Å²) in [5.41, 5.74) is 4.89. The van der Waals surface area contributed by atoms with Crippen LogP contribution in [-0.4, -0.2) is 22.3 Å². The van der Waals surface area contributed by atoms with Crippen LogP contribution in [0.3, 0.4) is 0 Å². The van der Waals surface area contributed by atoms with Crippen molar-refractivity contribution in [2.24, 2.45) is 0 Å². The van der Waals surface area contributed by atoms with Gasteiger partial charge in [-0.05, 0) is 49.7 Å². The molecule has 0 saturated carbocycles. The molecule has 30 heavy (non-hydrogen) atoms. The van der Waals surface area contributed by atoms with Gasteiger partial charge in [0.15, 0.2) is 6.61 Å². The molecule has 1 N–H and O–H groups in total. The number of benzene rings is 3. The van der Waals surface area contributed by atoms with Gasteiger partial charge in [-0.3, -0.25) is 4.79 Å². The highest BCUT2D eigenvalue weighted by atomic mass is 16.5. The molecule has 5 heteroatoms. The van der Waals surface area contributed by atoms with E-state index < -0.39 is 0 Å². The summed E-state index contributed by atoms with van der Waals surface area (Å²) in [5, 5.41) is 7.67. The van der Waals surface area contributed by atoms with Crippen molar-refractivity contribution < 1.29 is 9.53 Å². The van der Waals surface area contributed by atoms with Crippen LogP contribution < -0.4 is 10.1 Å². The quantitative estimate of drug-likeness (QED) is 0.488. The molecule has 5 nitrogen and oxygen atoms in total. The van der Waals surface area contributed by atoms with Gasteiger partial charge in [-0.2, -0.15) is 5.10 Å². The number of aryl methyl sites for hydroxylation is 2. The zero-order chi connectivity index (χ0) is 20.9. The summed E-state index contributed by atoms with van der Waals surface area (Å²) in [4.78, 5) is 12.6. The molecule has 4 aromatic rings. The average molecular weight is 397 g/mol. The second-order valence-electron chi connectivity index (χ2n) is 7.19. The van der Waals surface area contributed by atoms with Crippen LogP contribution >= 0.6 is 0 Å². The minimum atomic E-state index is -0.246. The number of hydrogen-bond acceptors (Lipinski definition) is 3. The average Bonchev–Trinajstić information content (AvgIpc) is 3.17. The van der Waals surface area contributed by atoms with Crippen LogP contribution in [0.4, 0.5) is 5.82 Å². The predicted octanol–water partition coefficient (Wildman–Crippen LogP) is 5.17. The van der Waals surface area contributed by atoms with E-state index in [2.05, 4.69) is 11.4 Å². The van der Waals surface area contributed by atoms with Gasteiger partial charge in [0.1, 0.15) is 11.6 Å². The van der Waals surface area contributed by atoms with Crippen molar-refractivity contribution >= 4 is 11.7 Å². The Hall–Kier alpha value is -3.86. The molecule has 0 spiro atoms. The fourth-order valence-electron chi connectivity index (χ4n) is 3.21. The van der Waals surface area contributed by atoms with Crippen LogP contribution in [0.15, 0.2) is 84.9 Å². The predicted molar refractivity (Wildman–Crippen MR) is 119 cm³/mol. The van der Waals surface area contributed by atoms with E-state index in [1.807, 2.05) is 92.7 Å². The number of carbonyl (C=O) groups excluding carboxylic acids is 1. The van der Waals surface area contributed by atoms with Crippen molar-refractivity contribution in [1.82, 2.24) is 9.78 Å². The molecule has 1 aromatic heterocycles. The number of para-hydroxylation sites is 1. The number of rotatable bonds is 6. The lowest BCUT2D eigenvalue weighted by molar-refractivity contribution is -0.118. The normalized spacial score (nSPS) is 10.6. The Bertz CT molecular complexity index is 1170. The van der Waals surface area contributed by atoms with Crippen LogP contribution in [0.1, 0.15) is 11.1 Å². The third kappa shape index (κ3) is 4.58. The van der Waals surface area contributed by atoms with Gasteiger partial charge in [0.2, 0.25) is 0 Å². The van der Waals surface area contributed by atoms with E-state index in [0.717, 1.165) is 28.1 Å². The summed E-state index contributed by atoms with van der Waals surface area (Å²) < 4.78 is 7.37. The number of anilines is 1. The van der Waals surface area contributed by atoms with Crippen LogP contribution in [0.2, 0.25) is 0 Å². The molecule has 1 amide bonds. The molecule has 4 rings (SSSR count). The van der Waals surface area contributed by atoms with Gasteiger partial charge >= 0.3 is 0 Å². The highest BCUT2D eigenvalue weighted by Crippen LogP contribution is 2.25. The number of ether oxygens (including phenoxy) is 1. The summed E-state index contributed by atoms with van der Waals surface area (Å²) >= 11 is 0. The number of nitrogens with zero attached hydrogens (tertiary/aromatic N) is 2. The van der Waals surface area contributed by atoms with Crippen molar-refractivity contribution in [3.8, 4) is 22.7 Å². The molecule has 150 valence electrons. The van der Waals surface area contributed by atoms with Crippen LogP contribution in [-0.2, 0) is 4.79 Å².